The quantitative estimate of drug-likeness (QED) is 0.914. The van der Waals surface area contributed by atoms with Crippen LogP contribution >= 0.6 is 0 Å². The summed E-state index contributed by atoms with van der Waals surface area (Å²) in [6, 6.07) is 10.4. The van der Waals surface area contributed by atoms with Crippen LogP contribution in [-0.2, 0) is 6.54 Å². The Balaban J connectivity index is 2.46. The van der Waals surface area contributed by atoms with Crippen molar-refractivity contribution in [1.29, 1.82) is 0 Å². The second kappa shape index (κ2) is 5.77. The van der Waals surface area contributed by atoms with Crippen LogP contribution in [0, 0.1) is 13.8 Å². The van der Waals surface area contributed by atoms with E-state index in [0.717, 1.165) is 22.3 Å². The zero-order valence-corrected chi connectivity index (χ0v) is 11.8. The lowest BCUT2D eigenvalue weighted by molar-refractivity contribution is -0.274. The van der Waals surface area contributed by atoms with Gasteiger partial charge in [0.25, 0.3) is 0 Å². The van der Waals surface area contributed by atoms with Crippen molar-refractivity contribution in [2.45, 2.75) is 26.8 Å². The minimum atomic E-state index is -4.72. The molecule has 2 nitrogen and oxygen atoms in total. The first-order chi connectivity index (χ1) is 9.81. The van der Waals surface area contributed by atoms with Crippen molar-refractivity contribution >= 4 is 0 Å². The third kappa shape index (κ3) is 3.55. The maximum absolute atomic E-state index is 12.3. The van der Waals surface area contributed by atoms with E-state index < -0.39 is 6.36 Å². The van der Waals surface area contributed by atoms with Gasteiger partial charge in [0, 0.05) is 12.1 Å². The number of alkyl halides is 3. The van der Waals surface area contributed by atoms with Crippen molar-refractivity contribution in [3.05, 3.63) is 53.1 Å². The van der Waals surface area contributed by atoms with E-state index in [-0.39, 0.29) is 12.3 Å². The molecule has 2 N–H and O–H groups in total. The first-order valence-corrected chi connectivity index (χ1v) is 6.47. The molecular weight excluding hydrogens is 279 g/mol. The van der Waals surface area contributed by atoms with Gasteiger partial charge in [-0.15, -0.1) is 13.2 Å². The molecule has 0 unspecified atom stereocenters. The molecule has 0 aromatic heterocycles. The summed E-state index contributed by atoms with van der Waals surface area (Å²) >= 11 is 0. The Morgan fingerprint density at radius 1 is 1.10 bits per heavy atom. The van der Waals surface area contributed by atoms with Gasteiger partial charge in [-0.25, -0.2) is 0 Å². The monoisotopic (exact) mass is 295 g/mol. The molecule has 0 aliphatic carbocycles. The van der Waals surface area contributed by atoms with Crippen LogP contribution in [0.1, 0.15) is 16.7 Å². The highest BCUT2D eigenvalue weighted by molar-refractivity contribution is 5.70. The van der Waals surface area contributed by atoms with E-state index in [9.17, 15) is 13.2 Å². The van der Waals surface area contributed by atoms with E-state index in [1.54, 1.807) is 12.1 Å². The van der Waals surface area contributed by atoms with Gasteiger partial charge < -0.3 is 10.5 Å². The Hall–Kier alpha value is -2.01. The summed E-state index contributed by atoms with van der Waals surface area (Å²) in [5, 5.41) is 0. The number of rotatable bonds is 3. The van der Waals surface area contributed by atoms with Crippen molar-refractivity contribution in [2.24, 2.45) is 5.73 Å². The lowest BCUT2D eigenvalue weighted by atomic mass is 9.95. The highest BCUT2D eigenvalue weighted by Crippen LogP contribution is 2.32. The third-order valence-electron chi connectivity index (χ3n) is 3.42. The molecule has 0 fully saturated rings. The van der Waals surface area contributed by atoms with Gasteiger partial charge >= 0.3 is 6.36 Å². The van der Waals surface area contributed by atoms with Crippen molar-refractivity contribution in [3.63, 3.8) is 0 Å². The summed E-state index contributed by atoms with van der Waals surface area (Å²) in [5.41, 5.74) is 9.87. The number of ether oxygens (including phenoxy) is 1. The Bertz CT molecular complexity index is 650. The minimum absolute atomic E-state index is 0.0237. The van der Waals surface area contributed by atoms with Gasteiger partial charge in [0.05, 0.1) is 0 Å². The molecule has 0 spiro atoms. The van der Waals surface area contributed by atoms with Gasteiger partial charge in [-0.2, -0.15) is 0 Å². The average molecular weight is 295 g/mol. The van der Waals surface area contributed by atoms with Crippen LogP contribution in [0.15, 0.2) is 36.4 Å². The van der Waals surface area contributed by atoms with Crippen molar-refractivity contribution in [3.8, 4) is 16.9 Å². The molecule has 5 heteroatoms. The fourth-order valence-corrected chi connectivity index (χ4v) is 2.19. The second-order valence-corrected chi connectivity index (χ2v) is 4.82. The van der Waals surface area contributed by atoms with Gasteiger partial charge in [-0.05, 0) is 48.2 Å². The number of halogens is 3. The smallest absolute Gasteiger partial charge is 0.405 e. The molecule has 2 rings (SSSR count). The number of hydrogen-bond donors (Lipinski definition) is 1. The molecule has 21 heavy (non-hydrogen) atoms. The van der Waals surface area contributed by atoms with Crippen LogP contribution in [0.3, 0.4) is 0 Å². The Kier molecular flexibility index (Phi) is 4.23. The summed E-state index contributed by atoms with van der Waals surface area (Å²) in [5.74, 6) is -0.251. The van der Waals surface area contributed by atoms with E-state index in [2.05, 4.69) is 4.74 Å². The van der Waals surface area contributed by atoms with Crippen LogP contribution in [0.4, 0.5) is 13.2 Å². The summed E-state index contributed by atoms with van der Waals surface area (Å²) in [6.45, 7) is 3.95. The second-order valence-electron chi connectivity index (χ2n) is 4.82. The van der Waals surface area contributed by atoms with Crippen molar-refractivity contribution in [2.75, 3.05) is 0 Å². The van der Waals surface area contributed by atoms with Gasteiger partial charge in [0.15, 0.2) is 0 Å². The molecule has 0 saturated carbocycles. The van der Waals surface area contributed by atoms with Crippen LogP contribution in [0.2, 0.25) is 0 Å². The molecule has 0 atom stereocenters. The Morgan fingerprint density at radius 2 is 1.81 bits per heavy atom. The number of aryl methyl sites for hydroxylation is 1. The molecule has 0 amide bonds. The predicted molar refractivity (Wildman–Crippen MR) is 75.9 cm³/mol. The molecule has 0 saturated heterocycles. The topological polar surface area (TPSA) is 35.2 Å². The lowest BCUT2D eigenvalue weighted by Crippen LogP contribution is -2.18. The predicted octanol–water partition coefficient (Wildman–Crippen LogP) is 4.33. The maximum atomic E-state index is 12.3. The van der Waals surface area contributed by atoms with Crippen LogP contribution in [0.5, 0.6) is 5.75 Å². The number of hydrogen-bond acceptors (Lipinski definition) is 2. The minimum Gasteiger partial charge on any atom is -0.405 e. The van der Waals surface area contributed by atoms with E-state index >= 15 is 0 Å². The Morgan fingerprint density at radius 3 is 2.43 bits per heavy atom. The molecule has 0 aliphatic heterocycles. The molecule has 0 aliphatic rings. The molecule has 0 heterocycles. The SMILES string of the molecule is Cc1cccc(-c2ccc(OC(F)(F)F)c(CN)c2)c1C. The summed E-state index contributed by atoms with van der Waals surface area (Å²) in [7, 11) is 0. The largest absolute Gasteiger partial charge is 0.573 e. The van der Waals surface area contributed by atoms with Gasteiger partial charge in [0.1, 0.15) is 5.75 Å². The van der Waals surface area contributed by atoms with Crippen molar-refractivity contribution < 1.29 is 17.9 Å². The molecule has 0 bridgehead atoms. The number of benzene rings is 2. The van der Waals surface area contributed by atoms with Crippen molar-refractivity contribution in [1.82, 2.24) is 0 Å². The van der Waals surface area contributed by atoms with Gasteiger partial charge in [-0.3, -0.25) is 0 Å². The number of nitrogens with two attached hydrogens (primary N) is 1. The highest BCUT2D eigenvalue weighted by atomic mass is 19.4. The molecule has 2 aromatic rings. The fraction of sp³-hybridized carbons (Fsp3) is 0.250. The van der Waals surface area contributed by atoms with E-state index in [4.69, 9.17) is 5.73 Å². The van der Waals surface area contributed by atoms with E-state index in [0.29, 0.717) is 5.56 Å². The molecule has 112 valence electrons. The van der Waals surface area contributed by atoms with E-state index in [1.807, 2.05) is 32.0 Å². The van der Waals surface area contributed by atoms with Crippen LogP contribution < -0.4 is 10.5 Å². The lowest BCUT2D eigenvalue weighted by Gasteiger charge is -2.15. The average Bonchev–Trinajstić information content (AvgIpc) is 2.41. The van der Waals surface area contributed by atoms with Crippen LogP contribution in [-0.4, -0.2) is 6.36 Å². The van der Waals surface area contributed by atoms with Gasteiger partial charge in [0.2, 0.25) is 0 Å². The van der Waals surface area contributed by atoms with E-state index in [1.165, 1.54) is 6.07 Å². The Labute approximate surface area is 121 Å². The fourth-order valence-electron chi connectivity index (χ4n) is 2.19. The molecule has 2 aromatic carbocycles. The standard InChI is InChI=1S/C16H16F3NO/c1-10-4-3-5-14(11(10)2)12-6-7-15(13(8-12)9-20)21-16(17,18)19/h3-8H,9,20H2,1-2H3. The summed E-state index contributed by atoms with van der Waals surface area (Å²) < 4.78 is 41.0. The zero-order chi connectivity index (χ0) is 15.6. The summed E-state index contributed by atoms with van der Waals surface area (Å²) in [6.07, 6.45) is -4.72. The first-order valence-electron chi connectivity index (χ1n) is 6.47. The third-order valence-corrected chi connectivity index (χ3v) is 3.42. The maximum Gasteiger partial charge on any atom is 0.573 e. The summed E-state index contributed by atoms with van der Waals surface area (Å²) in [4.78, 5) is 0. The first kappa shape index (κ1) is 15.4. The molecular formula is C16H16F3NO. The van der Waals surface area contributed by atoms with Crippen LogP contribution in [0.25, 0.3) is 11.1 Å². The zero-order valence-electron chi connectivity index (χ0n) is 11.8. The highest BCUT2D eigenvalue weighted by Gasteiger charge is 2.32. The normalized spacial score (nSPS) is 11.5. The van der Waals surface area contributed by atoms with Gasteiger partial charge in [-0.1, -0.05) is 24.3 Å². The molecule has 0 radical (unpaired) electrons.